The zero-order valence-corrected chi connectivity index (χ0v) is 18.1. The van der Waals surface area contributed by atoms with Crippen LogP contribution < -0.4 is 11.1 Å². The van der Waals surface area contributed by atoms with Gasteiger partial charge in [0.2, 0.25) is 0 Å². The Kier molecular flexibility index (Phi) is 4.76. The van der Waals surface area contributed by atoms with Crippen molar-refractivity contribution < 1.29 is 18.4 Å². The molecule has 32 heavy (non-hydrogen) atoms. The van der Waals surface area contributed by atoms with Crippen molar-refractivity contribution in [3.8, 4) is 11.3 Å². The number of nitrogens with one attached hydrogen (secondary N) is 1. The Hall–Kier alpha value is -2.97. The Morgan fingerprint density at radius 2 is 1.81 bits per heavy atom. The minimum Gasteiger partial charge on any atom is -0.365 e. The molecule has 0 spiro atoms. The highest BCUT2D eigenvalue weighted by atomic mass is 19.1. The molecule has 3 aliphatic carbocycles. The monoisotopic (exact) mass is 443 g/mol. The summed E-state index contributed by atoms with van der Waals surface area (Å²) in [6.07, 6.45) is 3.44. The number of aryl methyl sites for hydroxylation is 1. The van der Waals surface area contributed by atoms with Gasteiger partial charge in [0.05, 0.1) is 24.3 Å². The summed E-state index contributed by atoms with van der Waals surface area (Å²) in [5.41, 5.74) is 6.57. The molecule has 0 unspecified atom stereocenters. The first-order chi connectivity index (χ1) is 15.2. The lowest BCUT2D eigenvalue weighted by Crippen LogP contribution is -2.60. The molecule has 3 N–H and O–H groups in total. The van der Waals surface area contributed by atoms with Crippen LogP contribution in [0.2, 0.25) is 0 Å². The number of carbonyl (C=O) groups excluding carboxylic acids is 2. The predicted octanol–water partition coefficient (Wildman–Crippen LogP) is 3.44. The second-order valence-corrected chi connectivity index (χ2v) is 9.50. The van der Waals surface area contributed by atoms with Crippen LogP contribution in [0.4, 0.5) is 13.6 Å². The quantitative estimate of drug-likeness (QED) is 0.761. The highest BCUT2D eigenvalue weighted by Gasteiger charge is 2.50. The predicted molar refractivity (Wildman–Crippen MR) is 114 cm³/mol. The summed E-state index contributed by atoms with van der Waals surface area (Å²) in [5.74, 6) is -0.973. The summed E-state index contributed by atoms with van der Waals surface area (Å²) in [6, 6.07) is 4.34. The lowest BCUT2D eigenvalue weighted by Gasteiger charge is -2.50. The minimum absolute atomic E-state index is 0.195. The zero-order valence-electron chi connectivity index (χ0n) is 18.1. The van der Waals surface area contributed by atoms with E-state index >= 15 is 0 Å². The highest BCUT2D eigenvalue weighted by Crippen LogP contribution is 2.49. The molecule has 0 radical (unpaired) electrons. The SMILES string of the molecule is Cc1cc(-c2nn3c(c2C(N)=O)CN(C(=O)NC24CCC(F)(CC2)CC4)CC3)ccc1F. The van der Waals surface area contributed by atoms with E-state index in [9.17, 15) is 18.4 Å². The Morgan fingerprint density at radius 1 is 1.12 bits per heavy atom. The molecule has 2 aromatic rings. The summed E-state index contributed by atoms with van der Waals surface area (Å²) in [7, 11) is 0. The number of benzene rings is 1. The van der Waals surface area contributed by atoms with E-state index in [4.69, 9.17) is 5.73 Å². The maximum absolute atomic E-state index is 14.5. The molecule has 1 aliphatic heterocycles. The van der Waals surface area contributed by atoms with Gasteiger partial charge in [-0.25, -0.2) is 13.6 Å². The smallest absolute Gasteiger partial charge is 0.318 e. The third kappa shape index (κ3) is 3.43. The summed E-state index contributed by atoms with van der Waals surface area (Å²) < 4.78 is 29.9. The first-order valence-electron chi connectivity index (χ1n) is 11.1. The van der Waals surface area contributed by atoms with Gasteiger partial charge in [-0.05, 0) is 69.2 Å². The van der Waals surface area contributed by atoms with Crippen molar-refractivity contribution >= 4 is 11.9 Å². The normalized spacial score (nSPS) is 26.7. The van der Waals surface area contributed by atoms with Crippen molar-refractivity contribution in [2.45, 2.75) is 69.7 Å². The lowest BCUT2D eigenvalue weighted by molar-refractivity contribution is -0.00567. The van der Waals surface area contributed by atoms with Gasteiger partial charge in [0, 0.05) is 17.6 Å². The first-order valence-corrected chi connectivity index (χ1v) is 11.1. The molecule has 6 rings (SSSR count). The van der Waals surface area contributed by atoms with E-state index in [2.05, 4.69) is 10.4 Å². The molecule has 3 amide bonds. The topological polar surface area (TPSA) is 93.2 Å². The van der Waals surface area contributed by atoms with Crippen LogP contribution in [0.15, 0.2) is 18.2 Å². The van der Waals surface area contributed by atoms with E-state index in [1.54, 1.807) is 28.6 Å². The number of nitrogens with two attached hydrogens (primary N) is 1. The first kappa shape index (κ1) is 20.9. The second-order valence-electron chi connectivity index (χ2n) is 9.50. The van der Waals surface area contributed by atoms with Gasteiger partial charge in [0.1, 0.15) is 17.2 Å². The Balaban J connectivity index is 1.39. The van der Waals surface area contributed by atoms with E-state index in [-0.39, 0.29) is 29.5 Å². The number of rotatable bonds is 3. The molecule has 0 atom stereocenters. The van der Waals surface area contributed by atoms with Crippen LogP contribution in [0.25, 0.3) is 11.3 Å². The van der Waals surface area contributed by atoms with Crippen LogP contribution in [0, 0.1) is 12.7 Å². The molecule has 170 valence electrons. The number of fused-ring (bicyclic) bond motifs is 4. The fourth-order valence-corrected chi connectivity index (χ4v) is 5.38. The van der Waals surface area contributed by atoms with Gasteiger partial charge >= 0.3 is 6.03 Å². The molecular weight excluding hydrogens is 416 g/mol. The molecule has 1 aromatic carbocycles. The maximum atomic E-state index is 14.5. The van der Waals surface area contributed by atoms with E-state index in [1.165, 1.54) is 6.07 Å². The zero-order chi connectivity index (χ0) is 22.7. The van der Waals surface area contributed by atoms with E-state index in [0.29, 0.717) is 74.1 Å². The number of alkyl halides is 1. The van der Waals surface area contributed by atoms with E-state index in [1.807, 2.05) is 0 Å². The standard InChI is InChI=1S/C23H27F2N5O2/c1-14-12-15(2-3-16(14)24)19-18(20(26)31)17-13-29(10-11-30(17)28-19)21(32)27-23-7-4-22(25,5-8-23)6-9-23/h2-3,12H,4-11,13H2,1H3,(H2,26,31)(H,27,32). The van der Waals surface area contributed by atoms with Crippen molar-refractivity contribution in [3.63, 3.8) is 0 Å². The molecule has 2 bridgehead atoms. The molecular formula is C23H27F2N5O2. The van der Waals surface area contributed by atoms with Crippen LogP contribution in [-0.4, -0.2) is 44.4 Å². The van der Waals surface area contributed by atoms with Crippen molar-refractivity contribution in [2.24, 2.45) is 5.73 Å². The van der Waals surface area contributed by atoms with Crippen LogP contribution >= 0.6 is 0 Å². The average molecular weight is 443 g/mol. The third-order valence-electron chi connectivity index (χ3n) is 7.47. The summed E-state index contributed by atoms with van der Waals surface area (Å²) in [5, 5.41) is 7.73. The Morgan fingerprint density at radius 3 is 2.44 bits per heavy atom. The molecule has 2 heterocycles. The number of urea groups is 1. The summed E-state index contributed by atoms with van der Waals surface area (Å²) in [4.78, 5) is 27.1. The lowest BCUT2D eigenvalue weighted by atomic mass is 9.64. The van der Waals surface area contributed by atoms with Gasteiger partial charge in [-0.2, -0.15) is 5.10 Å². The van der Waals surface area contributed by atoms with Gasteiger partial charge in [-0.3, -0.25) is 9.48 Å². The van der Waals surface area contributed by atoms with Gasteiger partial charge < -0.3 is 16.0 Å². The largest absolute Gasteiger partial charge is 0.365 e. The average Bonchev–Trinajstić information content (AvgIpc) is 3.16. The van der Waals surface area contributed by atoms with Gasteiger partial charge in [-0.1, -0.05) is 0 Å². The van der Waals surface area contributed by atoms with Crippen molar-refractivity contribution in [1.29, 1.82) is 0 Å². The number of primary amides is 1. The number of nitrogens with zero attached hydrogens (tertiary/aromatic N) is 3. The summed E-state index contributed by atoms with van der Waals surface area (Å²) >= 11 is 0. The molecule has 0 saturated heterocycles. The van der Waals surface area contributed by atoms with Crippen molar-refractivity contribution in [1.82, 2.24) is 20.0 Å². The molecule has 4 aliphatic rings. The molecule has 1 aromatic heterocycles. The minimum atomic E-state index is -1.06. The molecule has 7 nitrogen and oxygen atoms in total. The number of halogens is 2. The number of hydrogen-bond acceptors (Lipinski definition) is 3. The van der Waals surface area contributed by atoms with E-state index < -0.39 is 11.6 Å². The molecule has 3 saturated carbocycles. The fraction of sp³-hybridized carbons (Fsp3) is 0.522. The van der Waals surface area contributed by atoms with E-state index in [0.717, 1.165) is 0 Å². The molecule has 9 heteroatoms. The van der Waals surface area contributed by atoms with Crippen LogP contribution in [-0.2, 0) is 13.1 Å². The number of amides is 3. The number of carbonyl (C=O) groups is 2. The molecule has 3 fully saturated rings. The number of aromatic nitrogens is 2. The Labute approximate surface area is 184 Å². The number of hydrogen-bond donors (Lipinski definition) is 2. The van der Waals surface area contributed by atoms with Gasteiger partial charge in [0.15, 0.2) is 0 Å². The Bertz CT molecular complexity index is 1090. The van der Waals surface area contributed by atoms with Crippen LogP contribution in [0.5, 0.6) is 0 Å². The summed E-state index contributed by atoms with van der Waals surface area (Å²) in [6.45, 7) is 2.70. The van der Waals surface area contributed by atoms with Crippen molar-refractivity contribution in [3.05, 3.63) is 40.8 Å². The third-order valence-corrected chi connectivity index (χ3v) is 7.47. The maximum Gasteiger partial charge on any atom is 0.318 e. The van der Waals surface area contributed by atoms with Crippen LogP contribution in [0.1, 0.15) is 60.1 Å². The van der Waals surface area contributed by atoms with Gasteiger partial charge in [-0.15, -0.1) is 0 Å². The highest BCUT2D eigenvalue weighted by molar-refractivity contribution is 6.00. The van der Waals surface area contributed by atoms with Gasteiger partial charge in [0.25, 0.3) is 5.91 Å². The fourth-order valence-electron chi connectivity index (χ4n) is 5.38. The van der Waals surface area contributed by atoms with Crippen molar-refractivity contribution in [2.75, 3.05) is 6.54 Å². The second kappa shape index (κ2) is 7.28. The van der Waals surface area contributed by atoms with Crippen LogP contribution in [0.3, 0.4) is 0 Å².